The molecule has 1 aromatic heterocycles. The van der Waals surface area contributed by atoms with Gasteiger partial charge in [0, 0.05) is 37.9 Å². The number of para-hydroxylation sites is 1. The maximum atomic E-state index is 12.7. The summed E-state index contributed by atoms with van der Waals surface area (Å²) in [5, 5.41) is 0. The molecule has 6 heteroatoms. The molecule has 1 aliphatic heterocycles. The zero-order valence-electron chi connectivity index (χ0n) is 13.4. The number of rotatable bonds is 3. The summed E-state index contributed by atoms with van der Waals surface area (Å²) in [4.78, 5) is 25.2. The van der Waals surface area contributed by atoms with E-state index < -0.39 is 0 Å². The van der Waals surface area contributed by atoms with E-state index in [1.54, 1.807) is 19.5 Å². The summed E-state index contributed by atoms with van der Waals surface area (Å²) in [6, 6.07) is 9.31. The number of anilines is 1. The zero-order chi connectivity index (χ0) is 16.2. The van der Waals surface area contributed by atoms with Crippen LogP contribution in [0, 0.1) is 6.92 Å². The molecule has 1 aliphatic rings. The number of methoxy groups -OCH3 is 1. The Labute approximate surface area is 135 Å². The van der Waals surface area contributed by atoms with Gasteiger partial charge in [-0.3, -0.25) is 4.79 Å². The van der Waals surface area contributed by atoms with Crippen LogP contribution in [0.2, 0.25) is 0 Å². The van der Waals surface area contributed by atoms with Gasteiger partial charge < -0.3 is 14.5 Å². The molecular weight excluding hydrogens is 292 g/mol. The Hall–Kier alpha value is -2.63. The molecule has 2 heterocycles. The van der Waals surface area contributed by atoms with Crippen molar-refractivity contribution in [3.8, 4) is 5.75 Å². The van der Waals surface area contributed by atoms with Gasteiger partial charge in [0.25, 0.3) is 5.91 Å². The molecule has 1 aromatic carbocycles. The minimum atomic E-state index is 0.0148. The molecule has 0 unspecified atom stereocenters. The number of aromatic nitrogens is 2. The van der Waals surface area contributed by atoms with Crippen molar-refractivity contribution in [3.05, 3.63) is 47.9 Å². The van der Waals surface area contributed by atoms with Gasteiger partial charge in [0.15, 0.2) is 0 Å². The van der Waals surface area contributed by atoms with Crippen molar-refractivity contribution in [2.75, 3.05) is 38.2 Å². The largest absolute Gasteiger partial charge is 0.496 e. The molecule has 6 nitrogen and oxygen atoms in total. The van der Waals surface area contributed by atoms with Crippen LogP contribution in [0.3, 0.4) is 0 Å². The smallest absolute Gasteiger partial charge is 0.257 e. The zero-order valence-corrected chi connectivity index (χ0v) is 13.4. The van der Waals surface area contributed by atoms with Gasteiger partial charge in [-0.05, 0) is 19.1 Å². The molecule has 3 rings (SSSR count). The molecule has 1 fully saturated rings. The van der Waals surface area contributed by atoms with Gasteiger partial charge in [-0.25, -0.2) is 9.97 Å². The standard InChI is InChI=1S/C17H20N4O2/c1-13-11-16(19-12-18-13)20-7-9-21(10-8-20)17(22)14-5-3-4-6-15(14)23-2/h3-6,11-12H,7-10H2,1-2H3. The van der Waals surface area contributed by atoms with Crippen LogP contribution >= 0.6 is 0 Å². The Bertz CT molecular complexity index is 696. The lowest BCUT2D eigenvalue weighted by Gasteiger charge is -2.35. The van der Waals surface area contributed by atoms with Gasteiger partial charge in [-0.1, -0.05) is 12.1 Å². The number of hydrogen-bond donors (Lipinski definition) is 0. The van der Waals surface area contributed by atoms with E-state index in [9.17, 15) is 4.79 Å². The van der Waals surface area contributed by atoms with E-state index in [4.69, 9.17) is 4.74 Å². The van der Waals surface area contributed by atoms with Crippen LogP contribution in [0.4, 0.5) is 5.82 Å². The third kappa shape index (κ3) is 3.26. The van der Waals surface area contributed by atoms with E-state index in [0.29, 0.717) is 24.4 Å². The summed E-state index contributed by atoms with van der Waals surface area (Å²) in [7, 11) is 1.58. The number of ether oxygens (including phenoxy) is 1. The van der Waals surface area contributed by atoms with E-state index >= 15 is 0 Å². The number of carbonyl (C=O) groups excluding carboxylic acids is 1. The lowest BCUT2D eigenvalue weighted by Crippen LogP contribution is -2.49. The fraction of sp³-hybridized carbons (Fsp3) is 0.353. The molecule has 0 saturated carbocycles. The second-order valence-electron chi connectivity index (χ2n) is 5.50. The van der Waals surface area contributed by atoms with Crippen molar-refractivity contribution in [1.29, 1.82) is 0 Å². The van der Waals surface area contributed by atoms with E-state index in [2.05, 4.69) is 14.9 Å². The highest BCUT2D eigenvalue weighted by molar-refractivity contribution is 5.97. The average Bonchev–Trinajstić information content (AvgIpc) is 2.61. The van der Waals surface area contributed by atoms with Gasteiger partial charge in [-0.15, -0.1) is 0 Å². The quantitative estimate of drug-likeness (QED) is 0.864. The topological polar surface area (TPSA) is 58.6 Å². The van der Waals surface area contributed by atoms with Crippen LogP contribution < -0.4 is 9.64 Å². The number of benzene rings is 1. The number of aryl methyl sites for hydroxylation is 1. The van der Waals surface area contributed by atoms with Crippen molar-refractivity contribution in [3.63, 3.8) is 0 Å². The first-order valence-electron chi connectivity index (χ1n) is 7.65. The highest BCUT2D eigenvalue weighted by Gasteiger charge is 2.24. The predicted octanol–water partition coefficient (Wildman–Crippen LogP) is 1.76. The molecule has 0 N–H and O–H groups in total. The minimum absolute atomic E-state index is 0.0148. The van der Waals surface area contributed by atoms with Crippen LogP contribution in [-0.2, 0) is 0 Å². The summed E-state index contributed by atoms with van der Waals surface area (Å²) in [5.74, 6) is 1.55. The number of carbonyl (C=O) groups is 1. The molecule has 0 radical (unpaired) electrons. The molecular formula is C17H20N4O2. The fourth-order valence-corrected chi connectivity index (χ4v) is 2.74. The molecule has 0 aliphatic carbocycles. The summed E-state index contributed by atoms with van der Waals surface area (Å²) >= 11 is 0. The Morgan fingerprint density at radius 1 is 1.13 bits per heavy atom. The normalized spacial score (nSPS) is 14.7. The Morgan fingerprint density at radius 2 is 1.87 bits per heavy atom. The lowest BCUT2D eigenvalue weighted by molar-refractivity contribution is 0.0743. The van der Waals surface area contributed by atoms with E-state index in [1.807, 2.05) is 36.1 Å². The summed E-state index contributed by atoms with van der Waals surface area (Å²) in [5.41, 5.74) is 1.56. The van der Waals surface area contributed by atoms with Gasteiger partial charge in [0.2, 0.25) is 0 Å². The van der Waals surface area contributed by atoms with Crippen molar-refractivity contribution in [2.24, 2.45) is 0 Å². The Kier molecular flexibility index (Phi) is 4.41. The van der Waals surface area contributed by atoms with Crippen molar-refractivity contribution in [1.82, 2.24) is 14.9 Å². The molecule has 1 saturated heterocycles. The van der Waals surface area contributed by atoms with E-state index in [-0.39, 0.29) is 5.91 Å². The van der Waals surface area contributed by atoms with Gasteiger partial charge in [0.1, 0.15) is 17.9 Å². The number of hydrogen-bond acceptors (Lipinski definition) is 5. The van der Waals surface area contributed by atoms with Crippen LogP contribution in [-0.4, -0.2) is 54.1 Å². The van der Waals surface area contributed by atoms with Crippen LogP contribution in [0.15, 0.2) is 36.7 Å². The average molecular weight is 312 g/mol. The first-order chi connectivity index (χ1) is 11.2. The summed E-state index contributed by atoms with van der Waals surface area (Å²) < 4.78 is 5.29. The lowest BCUT2D eigenvalue weighted by atomic mass is 10.1. The van der Waals surface area contributed by atoms with Crippen molar-refractivity contribution >= 4 is 11.7 Å². The van der Waals surface area contributed by atoms with E-state index in [0.717, 1.165) is 24.6 Å². The first-order valence-corrected chi connectivity index (χ1v) is 7.65. The summed E-state index contributed by atoms with van der Waals surface area (Å²) in [6.45, 7) is 4.81. The predicted molar refractivity (Wildman–Crippen MR) is 87.9 cm³/mol. The SMILES string of the molecule is COc1ccccc1C(=O)N1CCN(c2cc(C)ncn2)CC1. The maximum absolute atomic E-state index is 12.7. The van der Waals surface area contributed by atoms with Crippen molar-refractivity contribution in [2.45, 2.75) is 6.92 Å². The van der Waals surface area contributed by atoms with Gasteiger partial charge >= 0.3 is 0 Å². The summed E-state index contributed by atoms with van der Waals surface area (Å²) in [6.07, 6.45) is 1.58. The third-order valence-electron chi connectivity index (χ3n) is 4.02. The first kappa shape index (κ1) is 15.3. The second kappa shape index (κ2) is 6.64. The van der Waals surface area contributed by atoms with Crippen LogP contribution in [0.5, 0.6) is 5.75 Å². The number of nitrogens with zero attached hydrogens (tertiary/aromatic N) is 4. The second-order valence-corrected chi connectivity index (χ2v) is 5.50. The Balaban J connectivity index is 1.68. The molecule has 0 atom stereocenters. The number of amides is 1. The minimum Gasteiger partial charge on any atom is -0.496 e. The van der Waals surface area contributed by atoms with E-state index in [1.165, 1.54) is 0 Å². The number of piperazine rings is 1. The highest BCUT2D eigenvalue weighted by atomic mass is 16.5. The van der Waals surface area contributed by atoms with Crippen LogP contribution in [0.25, 0.3) is 0 Å². The molecule has 2 aromatic rings. The third-order valence-corrected chi connectivity index (χ3v) is 4.02. The van der Waals surface area contributed by atoms with Gasteiger partial charge in [0.05, 0.1) is 12.7 Å². The fourth-order valence-electron chi connectivity index (χ4n) is 2.74. The molecule has 1 amide bonds. The maximum Gasteiger partial charge on any atom is 0.257 e. The highest BCUT2D eigenvalue weighted by Crippen LogP contribution is 2.21. The molecule has 23 heavy (non-hydrogen) atoms. The monoisotopic (exact) mass is 312 g/mol. The Morgan fingerprint density at radius 3 is 2.57 bits per heavy atom. The van der Waals surface area contributed by atoms with Crippen LogP contribution in [0.1, 0.15) is 16.1 Å². The van der Waals surface area contributed by atoms with Crippen molar-refractivity contribution < 1.29 is 9.53 Å². The molecule has 120 valence electrons. The molecule has 0 spiro atoms. The van der Waals surface area contributed by atoms with Gasteiger partial charge in [-0.2, -0.15) is 0 Å². The molecule has 0 bridgehead atoms.